The van der Waals surface area contributed by atoms with Gasteiger partial charge in [0.05, 0.1) is 9.82 Å². The molecule has 0 aliphatic carbocycles. The van der Waals surface area contributed by atoms with Gasteiger partial charge < -0.3 is 0 Å². The molecule has 1 rings (SSSR count). The van der Waals surface area contributed by atoms with Gasteiger partial charge in [-0.2, -0.15) is 0 Å². The van der Waals surface area contributed by atoms with Crippen LogP contribution in [0, 0.1) is 10.1 Å². The lowest BCUT2D eigenvalue weighted by atomic mass is 10.3. The molecule has 7 heteroatoms. The van der Waals surface area contributed by atoms with Crippen LogP contribution in [0.4, 0.5) is 5.69 Å². The monoisotopic (exact) mass is 333 g/mol. The number of nitrogens with zero attached hydrogens (tertiary/aromatic N) is 1. The normalized spacial score (nSPS) is 11.8. The van der Waals surface area contributed by atoms with Crippen molar-refractivity contribution in [1.29, 1.82) is 0 Å². The van der Waals surface area contributed by atoms with E-state index in [2.05, 4.69) is 15.9 Å². The highest BCUT2D eigenvalue weighted by atomic mass is 79.9. The predicted octanol–water partition coefficient (Wildman–Crippen LogP) is 3.06. The van der Waals surface area contributed by atoms with Crippen LogP contribution in [0.3, 0.4) is 0 Å². The quantitative estimate of drug-likeness (QED) is 0.347. The maximum atomic E-state index is 11.8. The fourth-order valence-electron chi connectivity index (χ4n) is 1.23. The first-order chi connectivity index (χ1) is 8.47. The number of halogens is 1. The molecule has 0 unspecified atom stereocenters. The van der Waals surface area contributed by atoms with Crippen molar-refractivity contribution in [2.24, 2.45) is 0 Å². The Hall–Kier alpha value is -1.21. The van der Waals surface area contributed by atoms with E-state index in [4.69, 9.17) is 0 Å². The molecular weight excluding hydrogens is 322 g/mol. The fourth-order valence-corrected chi connectivity index (χ4v) is 2.61. The van der Waals surface area contributed by atoms with E-state index in [1.165, 1.54) is 24.3 Å². The lowest BCUT2D eigenvalue weighted by molar-refractivity contribution is -0.384. The third-order valence-electron chi connectivity index (χ3n) is 2.16. The highest BCUT2D eigenvalue weighted by Gasteiger charge is 2.12. The van der Waals surface area contributed by atoms with Crippen molar-refractivity contribution >= 4 is 31.5 Å². The van der Waals surface area contributed by atoms with Gasteiger partial charge in [-0.05, 0) is 25.0 Å². The van der Waals surface area contributed by atoms with Gasteiger partial charge in [0, 0.05) is 22.9 Å². The Labute approximate surface area is 114 Å². The molecule has 0 aliphatic heterocycles. The van der Waals surface area contributed by atoms with Gasteiger partial charge in [0.15, 0.2) is 9.84 Å². The van der Waals surface area contributed by atoms with E-state index in [0.717, 1.165) is 17.2 Å². The van der Waals surface area contributed by atoms with Crippen LogP contribution in [-0.2, 0) is 9.84 Å². The molecule has 0 aliphatic rings. The summed E-state index contributed by atoms with van der Waals surface area (Å²) in [4.78, 5) is 9.93. The Morgan fingerprint density at radius 1 is 1.28 bits per heavy atom. The number of hydrogen-bond acceptors (Lipinski definition) is 4. The fraction of sp³-hybridized carbons (Fsp3) is 0.273. The van der Waals surface area contributed by atoms with E-state index in [9.17, 15) is 18.5 Å². The molecule has 0 amide bonds. The average molecular weight is 334 g/mol. The average Bonchev–Trinajstić information content (AvgIpc) is 2.35. The Kier molecular flexibility index (Phi) is 5.49. The summed E-state index contributed by atoms with van der Waals surface area (Å²) in [6.45, 7) is 0. The summed E-state index contributed by atoms with van der Waals surface area (Å²) < 4.78 is 23.6. The van der Waals surface area contributed by atoms with E-state index in [1.54, 1.807) is 6.08 Å². The lowest BCUT2D eigenvalue weighted by Gasteiger charge is -1.98. The predicted molar refractivity (Wildman–Crippen MR) is 72.5 cm³/mol. The number of allylic oxidation sites excluding steroid dienone is 1. The number of sulfone groups is 1. The van der Waals surface area contributed by atoms with Crippen molar-refractivity contribution in [3.8, 4) is 0 Å². The number of benzene rings is 1. The molecule has 0 atom stereocenters. The minimum atomic E-state index is -3.50. The summed E-state index contributed by atoms with van der Waals surface area (Å²) in [5.74, 6) is 0. The van der Waals surface area contributed by atoms with Crippen molar-refractivity contribution in [3.05, 3.63) is 45.9 Å². The Balaban J connectivity index is 2.85. The molecule has 0 spiro atoms. The summed E-state index contributed by atoms with van der Waals surface area (Å²) in [5, 5.41) is 12.4. The molecule has 1 aromatic carbocycles. The molecule has 0 saturated carbocycles. The minimum absolute atomic E-state index is 0.0585. The number of alkyl halides is 1. The van der Waals surface area contributed by atoms with Crippen molar-refractivity contribution in [1.82, 2.24) is 0 Å². The van der Waals surface area contributed by atoms with Crippen molar-refractivity contribution in [3.63, 3.8) is 0 Å². The maximum Gasteiger partial charge on any atom is 0.269 e. The third kappa shape index (κ3) is 4.23. The highest BCUT2D eigenvalue weighted by Crippen LogP contribution is 2.17. The van der Waals surface area contributed by atoms with Crippen molar-refractivity contribution in [2.75, 3.05) is 5.33 Å². The van der Waals surface area contributed by atoms with E-state index < -0.39 is 14.8 Å². The van der Waals surface area contributed by atoms with E-state index in [1.807, 2.05) is 0 Å². The van der Waals surface area contributed by atoms with Crippen LogP contribution < -0.4 is 0 Å². The molecule has 1 aromatic rings. The Morgan fingerprint density at radius 2 is 1.89 bits per heavy atom. The molecular formula is C11H12BrNO4S. The lowest BCUT2D eigenvalue weighted by Crippen LogP contribution is -1.96. The number of non-ortho nitro benzene ring substituents is 1. The first-order valence-corrected chi connectivity index (χ1v) is 7.86. The summed E-state index contributed by atoms with van der Waals surface area (Å²) in [6, 6.07) is 4.84. The molecule has 0 saturated heterocycles. The van der Waals surface area contributed by atoms with Crippen LogP contribution in [-0.4, -0.2) is 18.7 Å². The SMILES string of the molecule is O=[N+]([O-])c1ccc(S(=O)(=O)/C=C/CCCBr)cc1. The number of unbranched alkanes of at least 4 members (excludes halogenated alkanes) is 1. The van der Waals surface area contributed by atoms with E-state index >= 15 is 0 Å². The standard InChI is InChI=1S/C11H12BrNO4S/c12-8-2-1-3-9-18(16,17)11-6-4-10(5-7-11)13(14)15/h3-7,9H,1-2,8H2/b9-3+. The summed E-state index contributed by atoms with van der Waals surface area (Å²) in [5.41, 5.74) is -0.128. The Bertz CT molecular complexity index is 537. The molecule has 0 bridgehead atoms. The molecule has 18 heavy (non-hydrogen) atoms. The number of rotatable bonds is 6. The largest absolute Gasteiger partial charge is 0.269 e. The minimum Gasteiger partial charge on any atom is -0.258 e. The van der Waals surface area contributed by atoms with Gasteiger partial charge in [-0.3, -0.25) is 10.1 Å². The van der Waals surface area contributed by atoms with Crippen LogP contribution in [0.15, 0.2) is 40.6 Å². The molecule has 0 aromatic heterocycles. The second kappa shape index (κ2) is 6.65. The zero-order valence-corrected chi connectivity index (χ0v) is 11.9. The molecule has 0 fully saturated rings. The van der Waals surface area contributed by atoms with Crippen LogP contribution in [0.5, 0.6) is 0 Å². The van der Waals surface area contributed by atoms with Gasteiger partial charge in [-0.15, -0.1) is 0 Å². The smallest absolute Gasteiger partial charge is 0.258 e. The summed E-state index contributed by atoms with van der Waals surface area (Å²) in [7, 11) is -3.50. The van der Waals surface area contributed by atoms with Crippen LogP contribution in [0.1, 0.15) is 12.8 Å². The van der Waals surface area contributed by atoms with Gasteiger partial charge in [0.1, 0.15) is 0 Å². The van der Waals surface area contributed by atoms with Crippen molar-refractivity contribution < 1.29 is 13.3 Å². The van der Waals surface area contributed by atoms with Gasteiger partial charge in [-0.25, -0.2) is 8.42 Å². The van der Waals surface area contributed by atoms with Crippen molar-refractivity contribution in [2.45, 2.75) is 17.7 Å². The van der Waals surface area contributed by atoms with Crippen LogP contribution in [0.2, 0.25) is 0 Å². The number of nitro groups is 1. The van der Waals surface area contributed by atoms with Gasteiger partial charge >= 0.3 is 0 Å². The topological polar surface area (TPSA) is 77.3 Å². The second-order valence-electron chi connectivity index (χ2n) is 3.50. The second-order valence-corrected chi connectivity index (χ2v) is 6.13. The number of hydrogen-bond donors (Lipinski definition) is 0. The zero-order chi connectivity index (χ0) is 13.6. The first-order valence-electron chi connectivity index (χ1n) is 5.19. The molecule has 0 heterocycles. The first kappa shape index (κ1) is 14.8. The molecule has 0 N–H and O–H groups in total. The molecule has 0 radical (unpaired) electrons. The maximum absolute atomic E-state index is 11.8. The van der Waals surface area contributed by atoms with Crippen LogP contribution >= 0.6 is 15.9 Å². The summed E-state index contributed by atoms with van der Waals surface area (Å²) >= 11 is 3.25. The van der Waals surface area contributed by atoms with E-state index in [0.29, 0.717) is 6.42 Å². The van der Waals surface area contributed by atoms with E-state index in [-0.39, 0.29) is 10.6 Å². The third-order valence-corrected chi connectivity index (χ3v) is 4.20. The zero-order valence-electron chi connectivity index (χ0n) is 9.45. The Morgan fingerprint density at radius 3 is 2.39 bits per heavy atom. The van der Waals surface area contributed by atoms with Crippen LogP contribution in [0.25, 0.3) is 0 Å². The highest BCUT2D eigenvalue weighted by molar-refractivity contribution is 9.09. The van der Waals surface area contributed by atoms with Gasteiger partial charge in [0.25, 0.3) is 5.69 Å². The molecule has 98 valence electrons. The van der Waals surface area contributed by atoms with Gasteiger partial charge in [0.2, 0.25) is 0 Å². The number of nitro benzene ring substituents is 1. The van der Waals surface area contributed by atoms with Gasteiger partial charge in [-0.1, -0.05) is 22.0 Å². The summed E-state index contributed by atoms with van der Waals surface area (Å²) in [6.07, 6.45) is 3.10. The molecule has 5 nitrogen and oxygen atoms in total.